The van der Waals surface area contributed by atoms with E-state index in [0.29, 0.717) is 5.02 Å². The van der Waals surface area contributed by atoms with Crippen LogP contribution in [0.4, 0.5) is 5.69 Å². The average Bonchev–Trinajstić information content (AvgIpc) is 3.02. The Morgan fingerprint density at radius 1 is 0.870 bits per heavy atom. The van der Waals surface area contributed by atoms with Crippen LogP contribution in [0.3, 0.4) is 0 Å². The van der Waals surface area contributed by atoms with E-state index in [2.05, 4.69) is 5.32 Å². The first-order valence-electron chi connectivity index (χ1n) is 14.9. The highest BCUT2D eigenvalue weighted by Gasteiger charge is 2.36. The van der Waals surface area contributed by atoms with Crippen molar-refractivity contribution in [3.63, 3.8) is 0 Å². The monoisotopic (exact) mass is 661 g/mol. The number of carbonyl (C=O) groups is 2. The predicted molar refractivity (Wildman–Crippen MR) is 183 cm³/mol. The number of ether oxygens (including phenoxy) is 1. The van der Waals surface area contributed by atoms with Gasteiger partial charge in [-0.3, -0.25) is 13.9 Å². The molecule has 1 N–H and O–H groups in total. The molecule has 0 saturated heterocycles. The lowest BCUT2D eigenvalue weighted by Crippen LogP contribution is -2.56. The molecule has 0 radical (unpaired) electrons. The molecule has 242 valence electrons. The Kier molecular flexibility index (Phi) is 11.1. The molecular formula is C36H40ClN3O5S. The van der Waals surface area contributed by atoms with Gasteiger partial charge in [0.15, 0.2) is 0 Å². The molecule has 46 heavy (non-hydrogen) atoms. The van der Waals surface area contributed by atoms with Gasteiger partial charge in [0.05, 0.1) is 17.7 Å². The van der Waals surface area contributed by atoms with Gasteiger partial charge in [0.1, 0.15) is 18.3 Å². The number of nitrogens with zero attached hydrogens (tertiary/aromatic N) is 2. The van der Waals surface area contributed by atoms with E-state index in [-0.39, 0.29) is 35.2 Å². The SMILES string of the molecule is COc1ccc(C)cc1N(CC(=O)N(Cc1ccc(Cl)cc1)C(Cc1ccccc1)C(=O)NC(C)(C)C)S(=O)(=O)c1ccccc1. The Morgan fingerprint density at radius 2 is 1.48 bits per heavy atom. The molecule has 0 aliphatic rings. The number of sulfonamides is 1. The van der Waals surface area contributed by atoms with E-state index < -0.39 is 34.1 Å². The van der Waals surface area contributed by atoms with Crippen molar-refractivity contribution in [2.45, 2.75) is 57.1 Å². The Balaban J connectivity index is 1.85. The van der Waals surface area contributed by atoms with Crippen LogP contribution in [0.15, 0.2) is 108 Å². The number of carbonyl (C=O) groups excluding carboxylic acids is 2. The van der Waals surface area contributed by atoms with Gasteiger partial charge in [-0.2, -0.15) is 0 Å². The molecule has 0 heterocycles. The maximum atomic E-state index is 14.6. The van der Waals surface area contributed by atoms with Crippen LogP contribution in [0.5, 0.6) is 5.75 Å². The Hall–Kier alpha value is -4.34. The lowest BCUT2D eigenvalue weighted by molar-refractivity contribution is -0.140. The first-order valence-corrected chi connectivity index (χ1v) is 16.7. The predicted octanol–water partition coefficient (Wildman–Crippen LogP) is 6.41. The van der Waals surface area contributed by atoms with Crippen LogP contribution >= 0.6 is 11.6 Å². The zero-order chi connectivity index (χ0) is 33.5. The number of rotatable bonds is 12. The highest BCUT2D eigenvalue weighted by molar-refractivity contribution is 7.92. The molecule has 10 heteroatoms. The summed E-state index contributed by atoms with van der Waals surface area (Å²) in [4.78, 5) is 30.1. The van der Waals surface area contributed by atoms with Crippen LogP contribution in [0.25, 0.3) is 0 Å². The quantitative estimate of drug-likeness (QED) is 0.189. The Bertz CT molecular complexity index is 1740. The van der Waals surface area contributed by atoms with Gasteiger partial charge in [0, 0.05) is 23.5 Å². The van der Waals surface area contributed by atoms with Crippen molar-refractivity contribution in [1.29, 1.82) is 0 Å². The van der Waals surface area contributed by atoms with Crippen molar-refractivity contribution in [3.05, 3.63) is 125 Å². The molecule has 0 saturated carbocycles. The third kappa shape index (κ3) is 8.89. The number of benzene rings is 4. The van der Waals surface area contributed by atoms with Gasteiger partial charge < -0.3 is 15.0 Å². The lowest BCUT2D eigenvalue weighted by Gasteiger charge is -2.35. The second-order valence-corrected chi connectivity index (χ2v) is 14.4. The van der Waals surface area contributed by atoms with Crippen LogP contribution in [0, 0.1) is 6.92 Å². The van der Waals surface area contributed by atoms with E-state index in [1.165, 1.54) is 24.1 Å². The molecular weight excluding hydrogens is 622 g/mol. The van der Waals surface area contributed by atoms with E-state index in [4.69, 9.17) is 16.3 Å². The summed E-state index contributed by atoms with van der Waals surface area (Å²) in [6, 6.07) is 28.5. The van der Waals surface area contributed by atoms with Gasteiger partial charge in [-0.15, -0.1) is 0 Å². The van der Waals surface area contributed by atoms with Crippen molar-refractivity contribution < 1.29 is 22.7 Å². The molecule has 1 unspecified atom stereocenters. The minimum absolute atomic E-state index is 0.0157. The smallest absolute Gasteiger partial charge is 0.264 e. The van der Waals surface area contributed by atoms with Gasteiger partial charge in [-0.1, -0.05) is 78.3 Å². The average molecular weight is 662 g/mol. The number of hydrogen-bond donors (Lipinski definition) is 1. The van der Waals surface area contributed by atoms with Crippen molar-refractivity contribution in [3.8, 4) is 5.75 Å². The maximum Gasteiger partial charge on any atom is 0.264 e. The fraction of sp³-hybridized carbons (Fsp3) is 0.278. The zero-order valence-electron chi connectivity index (χ0n) is 26.7. The summed E-state index contributed by atoms with van der Waals surface area (Å²) in [5.41, 5.74) is 1.98. The highest BCUT2D eigenvalue weighted by Crippen LogP contribution is 2.34. The van der Waals surface area contributed by atoms with E-state index >= 15 is 0 Å². The van der Waals surface area contributed by atoms with E-state index in [1.807, 2.05) is 58.0 Å². The molecule has 4 rings (SSSR count). The summed E-state index contributed by atoms with van der Waals surface area (Å²) in [6.45, 7) is 6.89. The number of anilines is 1. The molecule has 0 aliphatic carbocycles. The molecule has 0 fully saturated rings. The summed E-state index contributed by atoms with van der Waals surface area (Å²) in [7, 11) is -2.81. The van der Waals surface area contributed by atoms with Gasteiger partial charge >= 0.3 is 0 Å². The number of amides is 2. The minimum Gasteiger partial charge on any atom is -0.495 e. The van der Waals surface area contributed by atoms with Crippen LogP contribution < -0.4 is 14.4 Å². The minimum atomic E-state index is -4.26. The van der Waals surface area contributed by atoms with E-state index in [1.54, 1.807) is 60.7 Å². The highest BCUT2D eigenvalue weighted by atomic mass is 35.5. The number of hydrogen-bond acceptors (Lipinski definition) is 5. The summed E-state index contributed by atoms with van der Waals surface area (Å²) in [5, 5.41) is 3.56. The second-order valence-electron chi connectivity index (χ2n) is 12.1. The molecule has 0 aromatic heterocycles. The topological polar surface area (TPSA) is 96.0 Å². The number of aryl methyl sites for hydroxylation is 1. The lowest BCUT2D eigenvalue weighted by atomic mass is 10.0. The number of nitrogens with one attached hydrogen (secondary N) is 1. The summed E-state index contributed by atoms with van der Waals surface area (Å²) in [6.07, 6.45) is 0.210. The van der Waals surface area contributed by atoms with Crippen molar-refractivity contribution in [2.24, 2.45) is 0 Å². The van der Waals surface area contributed by atoms with Crippen molar-refractivity contribution in [1.82, 2.24) is 10.2 Å². The van der Waals surface area contributed by atoms with E-state index in [9.17, 15) is 18.0 Å². The zero-order valence-corrected chi connectivity index (χ0v) is 28.3. The van der Waals surface area contributed by atoms with Gasteiger partial charge in [-0.25, -0.2) is 8.42 Å². The molecule has 1 atom stereocenters. The third-order valence-electron chi connectivity index (χ3n) is 7.25. The van der Waals surface area contributed by atoms with Gasteiger partial charge in [0.2, 0.25) is 11.8 Å². The Morgan fingerprint density at radius 3 is 2.07 bits per heavy atom. The first kappa shape index (κ1) is 34.5. The molecule has 4 aromatic carbocycles. The normalized spacial score (nSPS) is 12.2. The largest absolute Gasteiger partial charge is 0.495 e. The summed E-state index contributed by atoms with van der Waals surface area (Å²) >= 11 is 6.16. The van der Waals surface area contributed by atoms with Crippen LogP contribution in [0.1, 0.15) is 37.5 Å². The summed E-state index contributed by atoms with van der Waals surface area (Å²) < 4.78 is 35.1. The second kappa shape index (κ2) is 14.8. The van der Waals surface area contributed by atoms with Gasteiger partial charge in [-0.05, 0) is 80.8 Å². The fourth-order valence-electron chi connectivity index (χ4n) is 5.02. The molecule has 8 nitrogen and oxygen atoms in total. The van der Waals surface area contributed by atoms with Crippen LogP contribution in [-0.2, 0) is 32.6 Å². The third-order valence-corrected chi connectivity index (χ3v) is 9.27. The Labute approximate surface area is 277 Å². The molecule has 2 amide bonds. The van der Waals surface area contributed by atoms with Crippen molar-refractivity contribution >= 4 is 39.1 Å². The van der Waals surface area contributed by atoms with Crippen LogP contribution in [0.2, 0.25) is 5.02 Å². The standard InChI is InChI=1S/C36H40ClN3O5S/c1-26-16-21-33(45-5)31(22-26)40(46(43,44)30-14-10-7-11-15-30)25-34(41)39(24-28-17-19-29(37)20-18-28)32(35(42)38-36(2,3)4)23-27-12-8-6-9-13-27/h6-22,32H,23-25H2,1-5H3,(H,38,42). The first-order chi connectivity index (χ1) is 21.8. The number of methoxy groups -OCH3 is 1. The van der Waals surface area contributed by atoms with E-state index in [0.717, 1.165) is 21.0 Å². The molecule has 0 spiro atoms. The van der Waals surface area contributed by atoms with Gasteiger partial charge in [0.25, 0.3) is 10.0 Å². The van der Waals surface area contributed by atoms with Crippen LogP contribution in [-0.4, -0.2) is 50.4 Å². The maximum absolute atomic E-state index is 14.6. The molecule has 4 aromatic rings. The molecule has 0 bridgehead atoms. The van der Waals surface area contributed by atoms with Crippen molar-refractivity contribution in [2.75, 3.05) is 18.0 Å². The number of halogens is 1. The molecule has 0 aliphatic heterocycles. The summed E-state index contributed by atoms with van der Waals surface area (Å²) in [5.74, 6) is -0.638. The fourth-order valence-corrected chi connectivity index (χ4v) is 6.58.